The second kappa shape index (κ2) is 7.56. The summed E-state index contributed by atoms with van der Waals surface area (Å²) >= 11 is 0. The Hall–Kier alpha value is -3.20. The summed E-state index contributed by atoms with van der Waals surface area (Å²) in [5.74, 6) is 0.131. The topological polar surface area (TPSA) is 63.6 Å². The standard InChI is InChI=1S/C21H21F2N7/c1-14-3-2-7-28(10-15-4-5-19-24-6-8-29(19)11-15)12-16(14)18-9-17(20(22)23)27-21-25-13-26-30(18)21/h3-6,8-9,11,13,16,20H,2,7,10,12H2,1H3/t16-/m1/s1. The molecule has 0 radical (unpaired) electrons. The smallest absolute Gasteiger partial charge is 0.280 e. The minimum Gasteiger partial charge on any atom is -0.307 e. The summed E-state index contributed by atoms with van der Waals surface area (Å²) in [6, 6.07) is 5.56. The molecule has 30 heavy (non-hydrogen) atoms. The normalized spacial score (nSPS) is 18.3. The van der Waals surface area contributed by atoms with Crippen molar-refractivity contribution in [2.75, 3.05) is 13.1 Å². The highest BCUT2D eigenvalue weighted by Gasteiger charge is 2.26. The van der Waals surface area contributed by atoms with Gasteiger partial charge in [-0.05, 0) is 31.0 Å². The van der Waals surface area contributed by atoms with Crippen LogP contribution in [0.5, 0.6) is 0 Å². The fourth-order valence-corrected chi connectivity index (χ4v) is 4.11. The van der Waals surface area contributed by atoms with Crippen molar-refractivity contribution in [3.8, 4) is 0 Å². The Morgan fingerprint density at radius 2 is 2.13 bits per heavy atom. The molecule has 1 aliphatic heterocycles. The maximum absolute atomic E-state index is 13.4. The van der Waals surface area contributed by atoms with Gasteiger partial charge in [-0.3, -0.25) is 4.90 Å². The van der Waals surface area contributed by atoms with Crippen molar-refractivity contribution < 1.29 is 8.78 Å². The van der Waals surface area contributed by atoms with Crippen molar-refractivity contribution in [1.82, 2.24) is 33.9 Å². The third-order valence-corrected chi connectivity index (χ3v) is 5.64. The molecule has 0 aromatic carbocycles. The molecule has 4 aromatic rings. The number of imidazole rings is 1. The molecule has 0 amide bonds. The summed E-state index contributed by atoms with van der Waals surface area (Å²) in [5, 5.41) is 4.24. The summed E-state index contributed by atoms with van der Waals surface area (Å²) in [4.78, 5) is 14.6. The molecule has 0 N–H and O–H groups in total. The lowest BCUT2D eigenvalue weighted by Crippen LogP contribution is -2.29. The molecule has 0 spiro atoms. The Bertz CT molecular complexity index is 1230. The molecular weight excluding hydrogens is 388 g/mol. The van der Waals surface area contributed by atoms with Gasteiger partial charge in [-0.25, -0.2) is 23.3 Å². The van der Waals surface area contributed by atoms with Crippen LogP contribution < -0.4 is 0 Å². The van der Waals surface area contributed by atoms with Crippen LogP contribution in [0.25, 0.3) is 11.4 Å². The zero-order valence-electron chi connectivity index (χ0n) is 16.5. The third kappa shape index (κ3) is 3.45. The minimum atomic E-state index is -2.65. The molecule has 7 nitrogen and oxygen atoms in total. The lowest BCUT2D eigenvalue weighted by Gasteiger charge is -2.26. The van der Waals surface area contributed by atoms with Crippen molar-refractivity contribution in [2.24, 2.45) is 0 Å². The van der Waals surface area contributed by atoms with Gasteiger partial charge in [0, 0.05) is 44.1 Å². The van der Waals surface area contributed by atoms with E-state index in [-0.39, 0.29) is 17.4 Å². The van der Waals surface area contributed by atoms with Crippen LogP contribution in [-0.2, 0) is 6.54 Å². The van der Waals surface area contributed by atoms with Crippen molar-refractivity contribution in [3.63, 3.8) is 0 Å². The molecule has 154 valence electrons. The molecule has 1 aliphatic rings. The Labute approximate surface area is 171 Å². The number of nitrogens with zero attached hydrogens (tertiary/aromatic N) is 7. The predicted molar refractivity (Wildman–Crippen MR) is 107 cm³/mol. The first-order chi connectivity index (χ1) is 14.6. The third-order valence-electron chi connectivity index (χ3n) is 5.64. The first-order valence-electron chi connectivity index (χ1n) is 9.88. The van der Waals surface area contributed by atoms with Gasteiger partial charge in [0.05, 0.1) is 5.69 Å². The highest BCUT2D eigenvalue weighted by Crippen LogP contribution is 2.31. The number of pyridine rings is 1. The Morgan fingerprint density at radius 3 is 3.00 bits per heavy atom. The van der Waals surface area contributed by atoms with E-state index in [1.165, 1.54) is 18.0 Å². The van der Waals surface area contributed by atoms with E-state index in [1.54, 1.807) is 10.7 Å². The second-order valence-corrected chi connectivity index (χ2v) is 7.63. The molecule has 5 rings (SSSR count). The maximum Gasteiger partial charge on any atom is 0.280 e. The first kappa shape index (κ1) is 18.8. The molecule has 0 saturated heterocycles. The molecule has 0 unspecified atom stereocenters. The van der Waals surface area contributed by atoms with E-state index in [9.17, 15) is 8.78 Å². The summed E-state index contributed by atoms with van der Waals surface area (Å²) in [6.07, 6.45) is 7.59. The predicted octanol–water partition coefficient (Wildman–Crippen LogP) is 3.65. The van der Waals surface area contributed by atoms with E-state index in [1.807, 2.05) is 16.7 Å². The van der Waals surface area contributed by atoms with Crippen LogP contribution in [0.4, 0.5) is 8.78 Å². The average molecular weight is 409 g/mol. The largest absolute Gasteiger partial charge is 0.307 e. The van der Waals surface area contributed by atoms with Gasteiger partial charge >= 0.3 is 0 Å². The van der Waals surface area contributed by atoms with Crippen molar-refractivity contribution in [2.45, 2.75) is 32.2 Å². The lowest BCUT2D eigenvalue weighted by molar-refractivity contribution is 0.146. The minimum absolute atomic E-state index is 0.0748. The van der Waals surface area contributed by atoms with E-state index in [4.69, 9.17) is 0 Å². The molecule has 4 aromatic heterocycles. The average Bonchev–Trinajstić information content (AvgIpc) is 3.35. The van der Waals surface area contributed by atoms with Crippen LogP contribution >= 0.6 is 0 Å². The van der Waals surface area contributed by atoms with Crippen LogP contribution in [0.15, 0.2) is 54.8 Å². The van der Waals surface area contributed by atoms with E-state index >= 15 is 0 Å². The summed E-state index contributed by atoms with van der Waals surface area (Å²) in [5.41, 5.74) is 3.66. The second-order valence-electron chi connectivity index (χ2n) is 7.63. The molecule has 0 saturated carbocycles. The van der Waals surface area contributed by atoms with Gasteiger partial charge in [-0.2, -0.15) is 10.1 Å². The monoisotopic (exact) mass is 409 g/mol. The summed E-state index contributed by atoms with van der Waals surface area (Å²) < 4.78 is 30.5. The van der Waals surface area contributed by atoms with Gasteiger partial charge in [0.1, 0.15) is 17.7 Å². The Morgan fingerprint density at radius 1 is 1.23 bits per heavy atom. The highest BCUT2D eigenvalue weighted by molar-refractivity contribution is 5.39. The van der Waals surface area contributed by atoms with E-state index in [0.29, 0.717) is 12.2 Å². The van der Waals surface area contributed by atoms with Crippen LogP contribution in [0, 0.1) is 0 Å². The van der Waals surface area contributed by atoms with Crippen molar-refractivity contribution in [1.29, 1.82) is 0 Å². The van der Waals surface area contributed by atoms with Gasteiger partial charge in [-0.15, -0.1) is 0 Å². The van der Waals surface area contributed by atoms with Crippen molar-refractivity contribution in [3.05, 3.63) is 71.7 Å². The maximum atomic E-state index is 13.4. The molecule has 1 atom stereocenters. The summed E-state index contributed by atoms with van der Waals surface area (Å²) in [6.45, 7) is 4.41. The molecule has 5 heterocycles. The van der Waals surface area contributed by atoms with E-state index < -0.39 is 6.43 Å². The van der Waals surface area contributed by atoms with E-state index in [2.05, 4.69) is 50.2 Å². The van der Waals surface area contributed by atoms with Gasteiger partial charge in [-0.1, -0.05) is 17.7 Å². The number of aromatic nitrogens is 6. The Kier molecular flexibility index (Phi) is 4.74. The molecular formula is C21H21F2N7. The van der Waals surface area contributed by atoms with Gasteiger partial charge in [0.15, 0.2) is 0 Å². The number of hydrogen-bond acceptors (Lipinski definition) is 5. The Balaban J connectivity index is 1.48. The number of halogens is 2. The number of hydrogen-bond donors (Lipinski definition) is 0. The van der Waals surface area contributed by atoms with E-state index in [0.717, 1.165) is 30.7 Å². The first-order valence-corrected chi connectivity index (χ1v) is 9.88. The van der Waals surface area contributed by atoms with Crippen molar-refractivity contribution >= 4 is 11.4 Å². The summed E-state index contributed by atoms with van der Waals surface area (Å²) in [7, 11) is 0. The van der Waals surface area contributed by atoms with Crippen LogP contribution in [0.2, 0.25) is 0 Å². The van der Waals surface area contributed by atoms with Crippen LogP contribution in [0.1, 0.15) is 42.6 Å². The molecule has 0 fully saturated rings. The van der Waals surface area contributed by atoms with Gasteiger partial charge in [0.25, 0.3) is 12.2 Å². The molecule has 9 heteroatoms. The number of alkyl halides is 2. The number of fused-ring (bicyclic) bond motifs is 2. The zero-order valence-corrected chi connectivity index (χ0v) is 16.5. The van der Waals surface area contributed by atoms with Crippen LogP contribution in [-0.4, -0.2) is 47.0 Å². The quantitative estimate of drug-likeness (QED) is 0.482. The van der Waals surface area contributed by atoms with Gasteiger partial charge in [0.2, 0.25) is 0 Å². The fourth-order valence-electron chi connectivity index (χ4n) is 4.11. The molecule has 0 aliphatic carbocycles. The lowest BCUT2D eigenvalue weighted by atomic mass is 9.95. The molecule has 0 bridgehead atoms. The highest BCUT2D eigenvalue weighted by atomic mass is 19.3. The number of rotatable bonds is 4. The zero-order chi connectivity index (χ0) is 20.7. The SMILES string of the molecule is CC1=CCCN(Cc2ccc3nccn3c2)C[C@H]1c1cc(C(F)F)nc2ncnn12. The fraction of sp³-hybridized carbons (Fsp3) is 0.333. The van der Waals surface area contributed by atoms with Crippen LogP contribution in [0.3, 0.4) is 0 Å². The van der Waals surface area contributed by atoms with Gasteiger partial charge < -0.3 is 4.40 Å².